The predicted molar refractivity (Wildman–Crippen MR) is 63.5 cm³/mol. The molecule has 18 heavy (non-hydrogen) atoms. The zero-order chi connectivity index (χ0) is 13.3. The number of benzene rings is 1. The van der Waals surface area contributed by atoms with Crippen LogP contribution in [0.2, 0.25) is 5.02 Å². The van der Waals surface area contributed by atoms with Crippen LogP contribution < -0.4 is 4.90 Å². The molecule has 1 aromatic rings. The van der Waals surface area contributed by atoms with Gasteiger partial charge in [-0.25, -0.2) is 9.69 Å². The van der Waals surface area contributed by atoms with Crippen LogP contribution in [0.15, 0.2) is 24.3 Å². The van der Waals surface area contributed by atoms with Crippen molar-refractivity contribution in [1.29, 1.82) is 0 Å². The lowest BCUT2D eigenvalue weighted by atomic mass is 10.3. The molecule has 0 aliphatic carbocycles. The minimum Gasteiger partial charge on any atom is -0.480 e. The van der Waals surface area contributed by atoms with Crippen LogP contribution in [0.4, 0.5) is 10.5 Å². The van der Waals surface area contributed by atoms with Gasteiger partial charge in [0.25, 0.3) is 5.91 Å². The zero-order valence-electron chi connectivity index (χ0n) is 9.17. The third kappa shape index (κ3) is 2.28. The second-order valence-corrected chi connectivity index (χ2v) is 4.18. The molecule has 2 rings (SSSR count). The molecule has 0 atom stereocenters. The largest absolute Gasteiger partial charge is 0.480 e. The van der Waals surface area contributed by atoms with Gasteiger partial charge in [0.2, 0.25) is 0 Å². The van der Waals surface area contributed by atoms with Crippen LogP contribution in [0.25, 0.3) is 0 Å². The fourth-order valence-corrected chi connectivity index (χ4v) is 1.89. The Bertz CT molecular complexity index is 532. The number of nitrogens with zero attached hydrogens (tertiary/aromatic N) is 2. The summed E-state index contributed by atoms with van der Waals surface area (Å²) < 4.78 is 0. The maximum atomic E-state index is 11.9. The number of imide groups is 1. The quantitative estimate of drug-likeness (QED) is 0.836. The van der Waals surface area contributed by atoms with Gasteiger partial charge in [-0.15, -0.1) is 0 Å². The van der Waals surface area contributed by atoms with Crippen molar-refractivity contribution >= 4 is 35.2 Å². The summed E-state index contributed by atoms with van der Waals surface area (Å²) in [5.41, 5.74) is 0.338. The lowest BCUT2D eigenvalue weighted by Crippen LogP contribution is -2.35. The van der Waals surface area contributed by atoms with Crippen molar-refractivity contribution in [3.8, 4) is 0 Å². The molecule has 0 bridgehead atoms. The van der Waals surface area contributed by atoms with Crippen LogP contribution in [0, 0.1) is 0 Å². The van der Waals surface area contributed by atoms with E-state index in [1.54, 1.807) is 18.2 Å². The highest BCUT2D eigenvalue weighted by atomic mass is 35.5. The SMILES string of the molecule is O=C(O)CN1CC(=O)N(c2cccc(Cl)c2)C1=O. The third-order valence-electron chi connectivity index (χ3n) is 2.43. The van der Waals surface area contributed by atoms with Crippen LogP contribution in [-0.2, 0) is 9.59 Å². The van der Waals surface area contributed by atoms with Gasteiger partial charge in [-0.1, -0.05) is 17.7 Å². The first-order valence-electron chi connectivity index (χ1n) is 5.08. The van der Waals surface area contributed by atoms with Crippen LogP contribution in [0.5, 0.6) is 0 Å². The topological polar surface area (TPSA) is 77.9 Å². The number of amides is 3. The first-order chi connectivity index (χ1) is 8.49. The van der Waals surface area contributed by atoms with E-state index in [1.165, 1.54) is 6.07 Å². The lowest BCUT2D eigenvalue weighted by Gasteiger charge is -2.15. The molecule has 0 unspecified atom stereocenters. The first kappa shape index (κ1) is 12.4. The number of aliphatic carboxylic acids is 1. The minimum absolute atomic E-state index is 0.238. The summed E-state index contributed by atoms with van der Waals surface area (Å²) in [6.07, 6.45) is 0. The molecule has 6 nitrogen and oxygen atoms in total. The zero-order valence-corrected chi connectivity index (χ0v) is 9.92. The van der Waals surface area contributed by atoms with Crippen LogP contribution in [0.3, 0.4) is 0 Å². The summed E-state index contributed by atoms with van der Waals surface area (Å²) in [5.74, 6) is -1.63. The van der Waals surface area contributed by atoms with E-state index in [2.05, 4.69) is 0 Å². The van der Waals surface area contributed by atoms with Gasteiger partial charge in [0, 0.05) is 5.02 Å². The predicted octanol–water partition coefficient (Wildman–Crippen LogP) is 1.19. The van der Waals surface area contributed by atoms with Gasteiger partial charge in [-0.3, -0.25) is 9.59 Å². The molecule has 1 saturated heterocycles. The molecule has 7 heteroatoms. The van der Waals surface area contributed by atoms with E-state index in [1.807, 2.05) is 0 Å². The molecule has 0 saturated carbocycles. The van der Waals surface area contributed by atoms with Crippen molar-refractivity contribution in [2.75, 3.05) is 18.0 Å². The summed E-state index contributed by atoms with van der Waals surface area (Å²) in [7, 11) is 0. The van der Waals surface area contributed by atoms with Crippen LogP contribution in [0.1, 0.15) is 0 Å². The number of carbonyl (C=O) groups is 3. The molecule has 1 N–H and O–H groups in total. The summed E-state index contributed by atoms with van der Waals surface area (Å²) in [6.45, 7) is -0.737. The molecule has 1 heterocycles. The Kier molecular flexibility index (Phi) is 3.20. The van der Waals surface area contributed by atoms with E-state index in [0.717, 1.165) is 9.80 Å². The van der Waals surface area contributed by atoms with Crippen molar-refractivity contribution in [2.24, 2.45) is 0 Å². The number of rotatable bonds is 3. The van der Waals surface area contributed by atoms with E-state index < -0.39 is 24.5 Å². The van der Waals surface area contributed by atoms with E-state index in [9.17, 15) is 14.4 Å². The number of halogens is 1. The second-order valence-electron chi connectivity index (χ2n) is 3.74. The van der Waals surface area contributed by atoms with Gasteiger partial charge >= 0.3 is 12.0 Å². The molecule has 94 valence electrons. The smallest absolute Gasteiger partial charge is 0.332 e. The van der Waals surface area contributed by atoms with Crippen molar-refractivity contribution < 1.29 is 19.5 Å². The Morgan fingerprint density at radius 1 is 1.39 bits per heavy atom. The second kappa shape index (κ2) is 4.66. The maximum Gasteiger partial charge on any atom is 0.332 e. The molecule has 0 spiro atoms. The van der Waals surface area contributed by atoms with Crippen LogP contribution in [-0.4, -0.2) is 41.0 Å². The summed E-state index contributed by atoms with van der Waals surface area (Å²) in [6, 6.07) is 5.61. The van der Waals surface area contributed by atoms with Crippen molar-refractivity contribution in [1.82, 2.24) is 4.90 Å². The molecular weight excluding hydrogens is 260 g/mol. The van der Waals surface area contributed by atoms with E-state index in [4.69, 9.17) is 16.7 Å². The third-order valence-corrected chi connectivity index (χ3v) is 2.66. The van der Waals surface area contributed by atoms with Gasteiger partial charge in [-0.05, 0) is 18.2 Å². The van der Waals surface area contributed by atoms with Gasteiger partial charge < -0.3 is 10.0 Å². The fraction of sp³-hybridized carbons (Fsp3) is 0.182. The first-order valence-corrected chi connectivity index (χ1v) is 5.46. The molecule has 1 aliphatic heterocycles. The maximum absolute atomic E-state index is 11.9. The highest BCUT2D eigenvalue weighted by Gasteiger charge is 2.37. The number of carboxylic acids is 1. The lowest BCUT2D eigenvalue weighted by molar-refractivity contribution is -0.137. The number of carbonyl (C=O) groups excluding carboxylic acids is 2. The van der Waals surface area contributed by atoms with E-state index >= 15 is 0 Å². The normalized spacial score (nSPS) is 15.4. The van der Waals surface area contributed by atoms with Gasteiger partial charge in [0.05, 0.1) is 5.69 Å². The molecule has 1 aliphatic rings. The standard InChI is InChI=1S/C11H9ClN2O4/c12-7-2-1-3-8(4-7)14-9(15)5-13(11(14)18)6-10(16)17/h1-4H,5-6H2,(H,16,17). The molecular formula is C11H9ClN2O4. The monoisotopic (exact) mass is 268 g/mol. The molecule has 0 radical (unpaired) electrons. The van der Waals surface area contributed by atoms with E-state index in [0.29, 0.717) is 10.7 Å². The number of carboxylic acid groups (broad SMARTS) is 1. The number of anilines is 1. The molecule has 3 amide bonds. The number of hydrogen-bond acceptors (Lipinski definition) is 3. The minimum atomic E-state index is -1.16. The van der Waals surface area contributed by atoms with Crippen molar-refractivity contribution in [2.45, 2.75) is 0 Å². The molecule has 1 fully saturated rings. The Labute approximate surface area is 107 Å². The van der Waals surface area contributed by atoms with E-state index in [-0.39, 0.29) is 6.54 Å². The molecule has 0 aromatic heterocycles. The highest BCUT2D eigenvalue weighted by Crippen LogP contribution is 2.24. The highest BCUT2D eigenvalue weighted by molar-refractivity contribution is 6.31. The molecule has 1 aromatic carbocycles. The van der Waals surface area contributed by atoms with Crippen LogP contribution >= 0.6 is 11.6 Å². The van der Waals surface area contributed by atoms with Crippen molar-refractivity contribution in [3.05, 3.63) is 29.3 Å². The summed E-state index contributed by atoms with van der Waals surface area (Å²) in [4.78, 5) is 36.1. The average Bonchev–Trinajstić information content (AvgIpc) is 2.53. The van der Waals surface area contributed by atoms with Gasteiger partial charge in [0.15, 0.2) is 0 Å². The Balaban J connectivity index is 2.27. The van der Waals surface area contributed by atoms with Gasteiger partial charge in [0.1, 0.15) is 13.1 Å². The summed E-state index contributed by atoms with van der Waals surface area (Å²) in [5, 5.41) is 9.03. The Morgan fingerprint density at radius 3 is 2.72 bits per heavy atom. The Hall–Kier alpha value is -2.08. The Morgan fingerprint density at radius 2 is 2.11 bits per heavy atom. The van der Waals surface area contributed by atoms with Crippen molar-refractivity contribution in [3.63, 3.8) is 0 Å². The summed E-state index contributed by atoms with van der Waals surface area (Å²) >= 11 is 5.78. The number of hydrogen-bond donors (Lipinski definition) is 1. The fourth-order valence-electron chi connectivity index (χ4n) is 1.71. The average molecular weight is 269 g/mol. The number of urea groups is 1. The van der Waals surface area contributed by atoms with Gasteiger partial charge in [-0.2, -0.15) is 0 Å².